The minimum absolute atomic E-state index is 0. The van der Waals surface area contributed by atoms with Gasteiger partial charge < -0.3 is 15.5 Å². The molecule has 1 aliphatic heterocycles. The lowest BCUT2D eigenvalue weighted by molar-refractivity contribution is -0.128. The molecule has 1 fully saturated rings. The molecular formula is C21H26FIN4O. The molecule has 0 saturated carbocycles. The van der Waals surface area contributed by atoms with E-state index < -0.39 is 0 Å². The number of amides is 1. The fourth-order valence-electron chi connectivity index (χ4n) is 3.17. The number of nitrogens with zero attached hydrogens (tertiary/aromatic N) is 2. The van der Waals surface area contributed by atoms with Crippen molar-refractivity contribution in [2.75, 3.05) is 13.6 Å². The van der Waals surface area contributed by atoms with Crippen LogP contribution < -0.4 is 10.6 Å². The van der Waals surface area contributed by atoms with E-state index in [9.17, 15) is 9.18 Å². The van der Waals surface area contributed by atoms with Gasteiger partial charge in [-0.2, -0.15) is 0 Å². The van der Waals surface area contributed by atoms with Gasteiger partial charge in [0.15, 0.2) is 5.96 Å². The van der Waals surface area contributed by atoms with Crippen molar-refractivity contribution in [2.45, 2.75) is 32.5 Å². The third-order valence-electron chi connectivity index (χ3n) is 4.57. The minimum Gasteiger partial charge on any atom is -0.352 e. The number of guanidine groups is 1. The smallest absolute Gasteiger partial charge is 0.222 e. The molecule has 2 N–H and O–H groups in total. The molecule has 28 heavy (non-hydrogen) atoms. The van der Waals surface area contributed by atoms with E-state index in [4.69, 9.17) is 0 Å². The van der Waals surface area contributed by atoms with E-state index in [1.54, 1.807) is 13.1 Å². The van der Waals surface area contributed by atoms with Gasteiger partial charge in [-0.05, 0) is 35.2 Å². The molecule has 0 aliphatic carbocycles. The summed E-state index contributed by atoms with van der Waals surface area (Å²) in [4.78, 5) is 17.9. The van der Waals surface area contributed by atoms with Gasteiger partial charge in [0.2, 0.25) is 5.91 Å². The number of nitrogens with one attached hydrogen (secondary N) is 2. The van der Waals surface area contributed by atoms with E-state index in [0.717, 1.165) is 29.7 Å². The monoisotopic (exact) mass is 496 g/mol. The number of hydrogen-bond acceptors (Lipinski definition) is 2. The Morgan fingerprint density at radius 1 is 1.07 bits per heavy atom. The highest BCUT2D eigenvalue weighted by Crippen LogP contribution is 2.15. The first-order valence-corrected chi connectivity index (χ1v) is 9.18. The summed E-state index contributed by atoms with van der Waals surface area (Å²) in [6.45, 7) is 2.62. The minimum atomic E-state index is -0.245. The van der Waals surface area contributed by atoms with E-state index in [2.05, 4.69) is 21.7 Å². The molecular weight excluding hydrogens is 470 g/mol. The van der Waals surface area contributed by atoms with Gasteiger partial charge >= 0.3 is 0 Å². The summed E-state index contributed by atoms with van der Waals surface area (Å²) in [6.07, 6.45) is 1.61. The fraction of sp³-hybridized carbons (Fsp3) is 0.333. The Kier molecular flexibility index (Phi) is 8.69. The van der Waals surface area contributed by atoms with Crippen molar-refractivity contribution in [3.8, 4) is 0 Å². The van der Waals surface area contributed by atoms with Crippen molar-refractivity contribution in [2.24, 2.45) is 4.99 Å². The van der Waals surface area contributed by atoms with Gasteiger partial charge in [0.25, 0.3) is 0 Å². The second-order valence-electron chi connectivity index (χ2n) is 6.65. The Labute approximate surface area is 182 Å². The number of hydrogen-bond donors (Lipinski definition) is 2. The molecule has 0 spiro atoms. The summed E-state index contributed by atoms with van der Waals surface area (Å²) in [5.41, 5.74) is 3.11. The van der Waals surface area contributed by atoms with E-state index in [-0.39, 0.29) is 35.7 Å². The number of likely N-dealkylation sites (tertiary alicyclic amines) is 1. The molecule has 0 aromatic heterocycles. The highest BCUT2D eigenvalue weighted by Gasteiger charge is 2.19. The van der Waals surface area contributed by atoms with Crippen LogP contribution in [0.1, 0.15) is 29.5 Å². The van der Waals surface area contributed by atoms with Crippen LogP contribution in [-0.2, 0) is 24.4 Å². The number of aliphatic imine (C=N–C) groups is 1. The molecule has 150 valence electrons. The summed E-state index contributed by atoms with van der Waals surface area (Å²) >= 11 is 0. The highest BCUT2D eigenvalue weighted by atomic mass is 127. The lowest BCUT2D eigenvalue weighted by atomic mass is 10.1. The van der Waals surface area contributed by atoms with Crippen molar-refractivity contribution >= 4 is 35.8 Å². The van der Waals surface area contributed by atoms with Crippen molar-refractivity contribution < 1.29 is 9.18 Å². The van der Waals surface area contributed by atoms with Crippen LogP contribution >= 0.6 is 24.0 Å². The molecule has 0 atom stereocenters. The van der Waals surface area contributed by atoms with Gasteiger partial charge in [-0.1, -0.05) is 36.4 Å². The van der Waals surface area contributed by atoms with Gasteiger partial charge in [-0.15, -0.1) is 24.0 Å². The maximum absolute atomic E-state index is 13.3. The number of benzene rings is 2. The average Bonchev–Trinajstić information content (AvgIpc) is 3.07. The molecule has 2 aromatic rings. The van der Waals surface area contributed by atoms with Gasteiger partial charge in [-0.3, -0.25) is 9.79 Å². The Morgan fingerprint density at radius 2 is 1.71 bits per heavy atom. The molecule has 2 aromatic carbocycles. The van der Waals surface area contributed by atoms with Crippen molar-refractivity contribution in [3.63, 3.8) is 0 Å². The van der Waals surface area contributed by atoms with Crippen LogP contribution in [0.2, 0.25) is 0 Å². The standard InChI is InChI=1S/C21H25FN4O.HI/c1-23-21(25-14-17-6-3-8-19(22)12-17)24-13-16-5-2-7-18(11-16)15-26-10-4-9-20(26)27;/h2-3,5-8,11-12H,4,9-10,13-15H2,1H3,(H2,23,24,25);1H. The first-order chi connectivity index (χ1) is 13.1. The van der Waals surface area contributed by atoms with Crippen LogP contribution in [0, 0.1) is 5.82 Å². The molecule has 3 rings (SSSR count). The fourth-order valence-corrected chi connectivity index (χ4v) is 3.17. The molecule has 1 amide bonds. The third kappa shape index (κ3) is 6.47. The lowest BCUT2D eigenvalue weighted by Gasteiger charge is -2.16. The molecule has 1 aliphatic rings. The van der Waals surface area contributed by atoms with Gasteiger partial charge in [0, 0.05) is 39.6 Å². The summed E-state index contributed by atoms with van der Waals surface area (Å²) in [6, 6.07) is 14.7. The van der Waals surface area contributed by atoms with Crippen LogP contribution in [0.5, 0.6) is 0 Å². The van der Waals surface area contributed by atoms with Gasteiger partial charge in [0.05, 0.1) is 0 Å². The van der Waals surface area contributed by atoms with Crippen molar-refractivity contribution in [3.05, 3.63) is 71.0 Å². The second-order valence-corrected chi connectivity index (χ2v) is 6.65. The predicted molar refractivity (Wildman–Crippen MR) is 120 cm³/mol. The third-order valence-corrected chi connectivity index (χ3v) is 4.57. The zero-order valence-electron chi connectivity index (χ0n) is 16.0. The zero-order valence-corrected chi connectivity index (χ0v) is 18.3. The molecule has 5 nitrogen and oxygen atoms in total. The molecule has 1 saturated heterocycles. The second kappa shape index (κ2) is 11.0. The number of rotatable bonds is 6. The van der Waals surface area contributed by atoms with Crippen LogP contribution in [0.15, 0.2) is 53.5 Å². The SMILES string of the molecule is CN=C(NCc1cccc(F)c1)NCc1cccc(CN2CCCC2=O)c1.I. The maximum atomic E-state index is 13.3. The Morgan fingerprint density at radius 3 is 2.32 bits per heavy atom. The van der Waals surface area contributed by atoms with Gasteiger partial charge in [-0.25, -0.2) is 4.39 Å². The van der Waals surface area contributed by atoms with Crippen LogP contribution in [0.25, 0.3) is 0 Å². The zero-order chi connectivity index (χ0) is 19.1. The van der Waals surface area contributed by atoms with E-state index in [0.29, 0.717) is 32.0 Å². The lowest BCUT2D eigenvalue weighted by Crippen LogP contribution is -2.36. The Hall–Kier alpha value is -2.16. The normalized spacial score (nSPS) is 14.0. The molecule has 0 bridgehead atoms. The quantitative estimate of drug-likeness (QED) is 0.366. The summed E-state index contributed by atoms with van der Waals surface area (Å²) in [5.74, 6) is 0.644. The summed E-state index contributed by atoms with van der Waals surface area (Å²) in [7, 11) is 1.70. The van der Waals surface area contributed by atoms with E-state index in [1.165, 1.54) is 12.1 Å². The maximum Gasteiger partial charge on any atom is 0.222 e. The molecule has 7 heteroatoms. The Balaban J connectivity index is 0.00000280. The highest BCUT2D eigenvalue weighted by molar-refractivity contribution is 14.0. The van der Waals surface area contributed by atoms with Crippen molar-refractivity contribution in [1.82, 2.24) is 15.5 Å². The predicted octanol–water partition coefficient (Wildman–Crippen LogP) is 3.43. The van der Waals surface area contributed by atoms with Crippen molar-refractivity contribution in [1.29, 1.82) is 0 Å². The van der Waals surface area contributed by atoms with Crippen LogP contribution in [-0.4, -0.2) is 30.4 Å². The molecule has 0 unspecified atom stereocenters. The van der Waals surface area contributed by atoms with Gasteiger partial charge in [0.1, 0.15) is 5.82 Å². The molecule has 1 heterocycles. The summed E-state index contributed by atoms with van der Waals surface area (Å²) in [5, 5.41) is 6.45. The average molecular weight is 496 g/mol. The largest absolute Gasteiger partial charge is 0.352 e. The first-order valence-electron chi connectivity index (χ1n) is 9.18. The van der Waals surface area contributed by atoms with Crippen LogP contribution in [0.3, 0.4) is 0 Å². The topological polar surface area (TPSA) is 56.7 Å². The number of carbonyl (C=O) groups excluding carboxylic acids is 1. The van der Waals surface area contributed by atoms with E-state index >= 15 is 0 Å². The van der Waals surface area contributed by atoms with Crippen LogP contribution in [0.4, 0.5) is 4.39 Å². The van der Waals surface area contributed by atoms with E-state index in [1.807, 2.05) is 29.2 Å². The molecule has 0 radical (unpaired) electrons. The first kappa shape index (κ1) is 22.1. The Bertz CT molecular complexity index is 828. The number of carbonyl (C=O) groups is 1. The number of halogens is 2. The summed E-state index contributed by atoms with van der Waals surface area (Å²) < 4.78 is 13.3.